The van der Waals surface area contributed by atoms with E-state index in [9.17, 15) is 22.7 Å². The van der Waals surface area contributed by atoms with Crippen LogP contribution in [0.2, 0.25) is 0 Å². The van der Waals surface area contributed by atoms with Gasteiger partial charge in [0.05, 0.1) is 23.2 Å². The summed E-state index contributed by atoms with van der Waals surface area (Å²) in [7, 11) is -4.06. The van der Waals surface area contributed by atoms with E-state index in [-0.39, 0.29) is 30.3 Å². The fourth-order valence-corrected chi connectivity index (χ4v) is 7.57. The van der Waals surface area contributed by atoms with Gasteiger partial charge in [-0.2, -0.15) is 4.31 Å². The average Bonchev–Trinajstić information content (AvgIpc) is 3.02. The molecule has 4 rings (SSSR count). The van der Waals surface area contributed by atoms with E-state index >= 15 is 0 Å². The Morgan fingerprint density at radius 2 is 1.62 bits per heavy atom. The van der Waals surface area contributed by atoms with Gasteiger partial charge in [0.1, 0.15) is 0 Å². The van der Waals surface area contributed by atoms with E-state index in [1.807, 2.05) is 36.4 Å². The van der Waals surface area contributed by atoms with Gasteiger partial charge in [0.15, 0.2) is 0 Å². The molecule has 0 aliphatic heterocycles. The van der Waals surface area contributed by atoms with E-state index in [0.717, 1.165) is 42.1 Å². The standard InChI is InChI=1S/C33H42FN3O4S/c1-26(23-34)24-37(42(40,41)28-16-8-4-9-17-28)25-30(38)32(2,27-14-6-3-7-15-27)36-31(39)22-33(19-11-5-12-20-33)29-18-10-13-21-35-29/h3-4,6-10,13-18,21,26,30,38H,5,11-12,19-20,22-25H2,1-2H3,(H,36,39)/t26?,30-,32+/m1/s1. The number of benzene rings is 2. The number of hydrogen-bond acceptors (Lipinski definition) is 5. The molecule has 7 nitrogen and oxygen atoms in total. The highest BCUT2D eigenvalue weighted by atomic mass is 32.2. The average molecular weight is 596 g/mol. The van der Waals surface area contributed by atoms with E-state index in [2.05, 4.69) is 10.3 Å². The third kappa shape index (κ3) is 7.25. The van der Waals surface area contributed by atoms with E-state index in [0.29, 0.717) is 5.56 Å². The highest BCUT2D eigenvalue weighted by Crippen LogP contribution is 2.41. The summed E-state index contributed by atoms with van der Waals surface area (Å²) in [5, 5.41) is 14.9. The van der Waals surface area contributed by atoms with Crippen molar-refractivity contribution in [3.63, 3.8) is 0 Å². The van der Waals surface area contributed by atoms with Crippen molar-refractivity contribution in [1.82, 2.24) is 14.6 Å². The lowest BCUT2D eigenvalue weighted by atomic mass is 9.69. The number of rotatable bonds is 13. The molecule has 9 heteroatoms. The summed E-state index contributed by atoms with van der Waals surface area (Å²) in [6.45, 7) is 2.18. The number of alkyl halides is 1. The maximum atomic E-state index is 13.9. The van der Waals surface area contributed by atoms with E-state index < -0.39 is 39.7 Å². The number of sulfonamides is 1. The Bertz CT molecular complexity index is 1390. The largest absolute Gasteiger partial charge is 0.389 e. The van der Waals surface area contributed by atoms with Crippen LogP contribution < -0.4 is 5.32 Å². The molecule has 1 fully saturated rings. The Balaban J connectivity index is 1.65. The maximum Gasteiger partial charge on any atom is 0.243 e. The zero-order chi connectivity index (χ0) is 30.2. The summed E-state index contributed by atoms with van der Waals surface area (Å²) in [6, 6.07) is 22.8. The van der Waals surface area contributed by atoms with E-state index in [4.69, 9.17) is 0 Å². The molecular formula is C33H42FN3O4S. The zero-order valence-electron chi connectivity index (χ0n) is 24.5. The van der Waals surface area contributed by atoms with Crippen LogP contribution in [0.3, 0.4) is 0 Å². The van der Waals surface area contributed by atoms with Crippen LogP contribution in [0.4, 0.5) is 4.39 Å². The Hall–Kier alpha value is -3.14. The number of amides is 1. The van der Waals surface area contributed by atoms with Crippen LogP contribution in [0.15, 0.2) is 90.0 Å². The van der Waals surface area contributed by atoms with Crippen molar-refractivity contribution in [3.8, 4) is 0 Å². The molecule has 0 bridgehead atoms. The lowest BCUT2D eigenvalue weighted by molar-refractivity contribution is -0.126. The normalized spacial score (nSPS) is 18.1. The summed E-state index contributed by atoms with van der Waals surface area (Å²) in [6.07, 6.45) is 5.40. The van der Waals surface area contributed by atoms with Crippen LogP contribution in [-0.2, 0) is 25.8 Å². The fraction of sp³-hybridized carbons (Fsp3) is 0.455. The Labute approximate surface area is 249 Å². The summed E-state index contributed by atoms with van der Waals surface area (Å²) in [5.41, 5.74) is -0.216. The number of halogens is 1. The highest BCUT2D eigenvalue weighted by molar-refractivity contribution is 7.89. The Kier molecular flexibility index (Phi) is 10.5. The first-order chi connectivity index (χ1) is 20.1. The van der Waals surface area contributed by atoms with Gasteiger partial charge in [0.25, 0.3) is 0 Å². The third-order valence-corrected chi connectivity index (χ3v) is 10.3. The highest BCUT2D eigenvalue weighted by Gasteiger charge is 2.43. The van der Waals surface area contributed by atoms with Crippen molar-refractivity contribution in [2.45, 2.75) is 74.3 Å². The molecular weight excluding hydrogens is 553 g/mol. The van der Waals surface area contributed by atoms with Gasteiger partial charge >= 0.3 is 0 Å². The molecule has 1 saturated carbocycles. The number of aromatic nitrogens is 1. The van der Waals surface area contributed by atoms with Crippen molar-refractivity contribution < 1.29 is 22.7 Å². The SMILES string of the molecule is CC(CF)CN(C[C@@H](O)[C@@](C)(NC(=O)CC1(c2ccccn2)CCCCC1)c1ccccc1)S(=O)(=O)c1ccccc1. The van der Waals surface area contributed by atoms with Crippen molar-refractivity contribution in [2.75, 3.05) is 19.8 Å². The van der Waals surface area contributed by atoms with Gasteiger partial charge in [-0.1, -0.05) is 80.8 Å². The molecule has 1 aliphatic rings. The molecule has 1 heterocycles. The van der Waals surface area contributed by atoms with Crippen LogP contribution in [-0.4, -0.2) is 54.6 Å². The molecule has 1 aliphatic carbocycles. The van der Waals surface area contributed by atoms with Crippen LogP contribution in [0, 0.1) is 5.92 Å². The summed E-state index contributed by atoms with van der Waals surface area (Å²) >= 11 is 0. The van der Waals surface area contributed by atoms with Crippen molar-refractivity contribution in [1.29, 1.82) is 0 Å². The first-order valence-corrected chi connectivity index (χ1v) is 16.1. The first-order valence-electron chi connectivity index (χ1n) is 14.7. The van der Waals surface area contributed by atoms with E-state index in [1.54, 1.807) is 50.4 Å². The maximum absolute atomic E-state index is 13.9. The number of aliphatic hydroxyl groups is 1. The summed E-state index contributed by atoms with van der Waals surface area (Å²) in [5.74, 6) is -0.833. The van der Waals surface area contributed by atoms with Gasteiger partial charge in [-0.3, -0.25) is 14.2 Å². The number of carbonyl (C=O) groups excluding carboxylic acids is 1. The molecule has 0 saturated heterocycles. The van der Waals surface area contributed by atoms with E-state index in [1.165, 1.54) is 12.1 Å². The monoisotopic (exact) mass is 595 g/mol. The van der Waals surface area contributed by atoms with Gasteiger partial charge in [0, 0.05) is 36.8 Å². The summed E-state index contributed by atoms with van der Waals surface area (Å²) < 4.78 is 42.1. The predicted octanol–water partition coefficient (Wildman–Crippen LogP) is 5.36. The number of nitrogens with one attached hydrogen (secondary N) is 1. The minimum Gasteiger partial charge on any atom is -0.389 e. The number of pyridine rings is 1. The van der Waals surface area contributed by atoms with Gasteiger partial charge in [-0.05, 0) is 55.5 Å². The van der Waals surface area contributed by atoms with Crippen molar-refractivity contribution in [2.24, 2.45) is 5.92 Å². The number of hydrogen-bond donors (Lipinski definition) is 2. The molecule has 1 aromatic heterocycles. The Morgan fingerprint density at radius 1 is 1.00 bits per heavy atom. The molecule has 0 radical (unpaired) electrons. The van der Waals surface area contributed by atoms with Gasteiger partial charge in [0.2, 0.25) is 15.9 Å². The summed E-state index contributed by atoms with van der Waals surface area (Å²) in [4.78, 5) is 18.6. The molecule has 226 valence electrons. The molecule has 0 spiro atoms. The molecule has 42 heavy (non-hydrogen) atoms. The van der Waals surface area contributed by atoms with Gasteiger partial charge < -0.3 is 10.4 Å². The number of aliphatic hydroxyl groups excluding tert-OH is 1. The quantitative estimate of drug-likeness (QED) is 0.277. The van der Waals surface area contributed by atoms with Crippen LogP contribution in [0.25, 0.3) is 0 Å². The molecule has 1 unspecified atom stereocenters. The predicted molar refractivity (Wildman–Crippen MR) is 162 cm³/mol. The van der Waals surface area contributed by atoms with Crippen LogP contribution in [0.1, 0.15) is 63.6 Å². The van der Waals surface area contributed by atoms with Crippen molar-refractivity contribution >= 4 is 15.9 Å². The minimum atomic E-state index is -4.06. The van der Waals surface area contributed by atoms with Gasteiger partial charge in [-0.15, -0.1) is 0 Å². The lowest BCUT2D eigenvalue weighted by Crippen LogP contribution is -2.57. The first kappa shape index (κ1) is 31.8. The van der Waals surface area contributed by atoms with Crippen LogP contribution in [0.5, 0.6) is 0 Å². The minimum absolute atomic E-state index is 0.0586. The zero-order valence-corrected chi connectivity index (χ0v) is 25.3. The lowest BCUT2D eigenvalue weighted by Gasteiger charge is -2.41. The smallest absolute Gasteiger partial charge is 0.243 e. The molecule has 1 amide bonds. The van der Waals surface area contributed by atoms with Crippen molar-refractivity contribution in [3.05, 3.63) is 96.3 Å². The molecule has 3 atom stereocenters. The topological polar surface area (TPSA) is 99.6 Å². The Morgan fingerprint density at radius 3 is 2.21 bits per heavy atom. The third-order valence-electron chi connectivity index (χ3n) is 8.49. The fourth-order valence-electron chi connectivity index (χ4n) is 5.99. The van der Waals surface area contributed by atoms with Crippen LogP contribution >= 0.6 is 0 Å². The van der Waals surface area contributed by atoms with Gasteiger partial charge in [-0.25, -0.2) is 8.42 Å². The second-order valence-electron chi connectivity index (χ2n) is 11.8. The second kappa shape index (κ2) is 13.9. The number of nitrogens with zero attached hydrogens (tertiary/aromatic N) is 2. The number of carbonyl (C=O) groups is 1. The second-order valence-corrected chi connectivity index (χ2v) is 13.7. The molecule has 2 N–H and O–H groups in total. The molecule has 3 aromatic rings. The molecule has 2 aromatic carbocycles.